The molecule has 1 amide bonds. The monoisotopic (exact) mass is 415 g/mol. The van der Waals surface area contributed by atoms with Crippen LogP contribution in [0.5, 0.6) is 0 Å². The third kappa shape index (κ3) is 6.48. The van der Waals surface area contributed by atoms with Gasteiger partial charge in [-0.1, -0.05) is 48.0 Å². The third-order valence-corrected chi connectivity index (χ3v) is 5.37. The van der Waals surface area contributed by atoms with E-state index in [1.165, 1.54) is 0 Å². The van der Waals surface area contributed by atoms with Crippen molar-refractivity contribution in [1.29, 1.82) is 0 Å². The molecule has 29 heavy (non-hydrogen) atoms. The van der Waals surface area contributed by atoms with Gasteiger partial charge in [0, 0.05) is 56.4 Å². The summed E-state index contributed by atoms with van der Waals surface area (Å²) in [6.45, 7) is 3.88. The molecule has 1 fully saturated rings. The summed E-state index contributed by atoms with van der Waals surface area (Å²) in [4.78, 5) is 28.3. The van der Waals surface area contributed by atoms with Crippen LogP contribution in [0.3, 0.4) is 0 Å². The number of carboxylic acid groups (broad SMARTS) is 1. The van der Waals surface area contributed by atoms with Crippen LogP contribution in [-0.4, -0.2) is 54.6 Å². The molecule has 7 heteroatoms. The summed E-state index contributed by atoms with van der Waals surface area (Å²) >= 11 is 6.07. The Morgan fingerprint density at radius 1 is 1.03 bits per heavy atom. The van der Waals surface area contributed by atoms with Gasteiger partial charge in [-0.25, -0.2) is 0 Å². The SMILES string of the molecule is O=C(C[C@H](CN1CCN(c2cccc(Cl)c2)CC1)C(=O)O)NCc1ccccc1. The highest BCUT2D eigenvalue weighted by molar-refractivity contribution is 6.30. The van der Waals surface area contributed by atoms with E-state index in [9.17, 15) is 14.7 Å². The van der Waals surface area contributed by atoms with Crippen molar-refractivity contribution in [1.82, 2.24) is 10.2 Å². The van der Waals surface area contributed by atoms with Crippen LogP contribution in [-0.2, 0) is 16.1 Å². The van der Waals surface area contributed by atoms with E-state index in [2.05, 4.69) is 15.1 Å². The van der Waals surface area contributed by atoms with E-state index in [0.29, 0.717) is 18.1 Å². The Bertz CT molecular complexity index is 823. The number of hydrogen-bond donors (Lipinski definition) is 2. The highest BCUT2D eigenvalue weighted by Gasteiger charge is 2.26. The minimum atomic E-state index is -0.933. The number of amides is 1. The smallest absolute Gasteiger partial charge is 0.308 e. The molecule has 1 aliphatic heterocycles. The molecule has 1 saturated heterocycles. The first-order valence-electron chi connectivity index (χ1n) is 9.77. The molecular formula is C22H26ClN3O3. The van der Waals surface area contributed by atoms with E-state index >= 15 is 0 Å². The fraction of sp³-hybridized carbons (Fsp3) is 0.364. The lowest BCUT2D eigenvalue weighted by molar-refractivity contribution is -0.144. The number of halogens is 1. The van der Waals surface area contributed by atoms with Crippen molar-refractivity contribution in [3.8, 4) is 0 Å². The fourth-order valence-corrected chi connectivity index (χ4v) is 3.68. The first-order valence-corrected chi connectivity index (χ1v) is 10.2. The lowest BCUT2D eigenvalue weighted by Crippen LogP contribution is -2.49. The normalized spacial score (nSPS) is 15.7. The Kier molecular flexibility index (Phi) is 7.49. The Morgan fingerprint density at radius 2 is 1.76 bits per heavy atom. The number of anilines is 1. The number of piperazine rings is 1. The van der Waals surface area contributed by atoms with E-state index in [1.54, 1.807) is 0 Å². The number of carboxylic acids is 1. The van der Waals surface area contributed by atoms with Gasteiger partial charge in [-0.3, -0.25) is 14.5 Å². The van der Waals surface area contributed by atoms with Gasteiger partial charge in [0.1, 0.15) is 0 Å². The maximum absolute atomic E-state index is 12.2. The maximum Gasteiger partial charge on any atom is 0.308 e. The van der Waals surface area contributed by atoms with Crippen LogP contribution in [0, 0.1) is 5.92 Å². The highest BCUT2D eigenvalue weighted by atomic mass is 35.5. The Balaban J connectivity index is 1.47. The molecule has 0 radical (unpaired) electrons. The van der Waals surface area contributed by atoms with Gasteiger partial charge in [-0.05, 0) is 23.8 Å². The Hall–Kier alpha value is -2.57. The second-order valence-electron chi connectivity index (χ2n) is 7.27. The standard InChI is InChI=1S/C22H26ClN3O3/c23-19-7-4-8-20(14-19)26-11-9-25(10-12-26)16-18(22(28)29)13-21(27)24-15-17-5-2-1-3-6-17/h1-8,14,18H,9-13,15-16H2,(H,24,27)(H,28,29)/t18-/m1/s1. The molecule has 0 unspecified atom stereocenters. The van der Waals surface area contributed by atoms with Crippen molar-refractivity contribution in [2.75, 3.05) is 37.6 Å². The van der Waals surface area contributed by atoms with Crippen molar-refractivity contribution in [2.45, 2.75) is 13.0 Å². The first kappa shape index (κ1) is 21.1. The van der Waals surface area contributed by atoms with Crippen LogP contribution < -0.4 is 10.2 Å². The molecule has 0 aromatic heterocycles. The second kappa shape index (κ2) is 10.3. The zero-order valence-corrected chi connectivity index (χ0v) is 17.0. The number of hydrogen-bond acceptors (Lipinski definition) is 4. The molecule has 0 bridgehead atoms. The lowest BCUT2D eigenvalue weighted by Gasteiger charge is -2.37. The summed E-state index contributed by atoms with van der Waals surface area (Å²) in [5.74, 6) is -1.89. The van der Waals surface area contributed by atoms with Crippen LogP contribution in [0.2, 0.25) is 5.02 Å². The Labute approximate surface area is 176 Å². The zero-order valence-electron chi connectivity index (χ0n) is 16.3. The molecule has 2 aromatic rings. The molecule has 1 atom stereocenters. The van der Waals surface area contributed by atoms with Crippen molar-refractivity contribution in [2.24, 2.45) is 5.92 Å². The summed E-state index contributed by atoms with van der Waals surface area (Å²) in [5, 5.41) is 13.1. The summed E-state index contributed by atoms with van der Waals surface area (Å²) in [6.07, 6.45) is -0.0172. The number of carbonyl (C=O) groups is 2. The number of nitrogens with one attached hydrogen (secondary N) is 1. The van der Waals surface area contributed by atoms with Crippen molar-refractivity contribution in [3.05, 3.63) is 65.2 Å². The van der Waals surface area contributed by atoms with Crippen molar-refractivity contribution < 1.29 is 14.7 Å². The first-order chi connectivity index (χ1) is 14.0. The van der Waals surface area contributed by atoms with E-state index in [0.717, 1.165) is 37.4 Å². The van der Waals surface area contributed by atoms with Crippen LogP contribution in [0.15, 0.2) is 54.6 Å². The van der Waals surface area contributed by atoms with Gasteiger partial charge in [-0.15, -0.1) is 0 Å². The number of carbonyl (C=O) groups excluding carboxylic acids is 1. The number of rotatable bonds is 8. The zero-order chi connectivity index (χ0) is 20.6. The fourth-order valence-electron chi connectivity index (χ4n) is 3.50. The van der Waals surface area contributed by atoms with E-state index in [4.69, 9.17) is 11.6 Å². The molecule has 3 rings (SSSR count). The van der Waals surface area contributed by atoms with Crippen LogP contribution in [0.25, 0.3) is 0 Å². The molecule has 0 aliphatic carbocycles. The van der Waals surface area contributed by atoms with Gasteiger partial charge in [0.25, 0.3) is 0 Å². The number of aliphatic carboxylic acids is 1. The van der Waals surface area contributed by atoms with Gasteiger partial charge < -0.3 is 15.3 Å². The van der Waals surface area contributed by atoms with E-state index < -0.39 is 11.9 Å². The Morgan fingerprint density at radius 3 is 2.41 bits per heavy atom. The van der Waals surface area contributed by atoms with Crippen molar-refractivity contribution >= 4 is 29.2 Å². The van der Waals surface area contributed by atoms with Gasteiger partial charge in [0.05, 0.1) is 5.92 Å². The molecule has 2 N–H and O–H groups in total. The topological polar surface area (TPSA) is 72.9 Å². The summed E-state index contributed by atoms with van der Waals surface area (Å²) in [6, 6.07) is 17.3. The molecular weight excluding hydrogens is 390 g/mol. The molecule has 0 spiro atoms. The minimum Gasteiger partial charge on any atom is -0.481 e. The third-order valence-electron chi connectivity index (χ3n) is 5.14. The predicted molar refractivity (Wildman–Crippen MR) is 114 cm³/mol. The average Bonchev–Trinajstić information content (AvgIpc) is 2.73. The van der Waals surface area contributed by atoms with Gasteiger partial charge in [0.15, 0.2) is 0 Å². The van der Waals surface area contributed by atoms with Crippen LogP contribution >= 0.6 is 11.6 Å². The number of benzene rings is 2. The summed E-state index contributed by atoms with van der Waals surface area (Å²) in [7, 11) is 0. The molecule has 2 aromatic carbocycles. The van der Waals surface area contributed by atoms with Crippen LogP contribution in [0.1, 0.15) is 12.0 Å². The quantitative estimate of drug-likeness (QED) is 0.693. The largest absolute Gasteiger partial charge is 0.481 e. The summed E-state index contributed by atoms with van der Waals surface area (Å²) < 4.78 is 0. The predicted octanol–water partition coefficient (Wildman–Crippen LogP) is 2.87. The van der Waals surface area contributed by atoms with Crippen LogP contribution in [0.4, 0.5) is 5.69 Å². The minimum absolute atomic E-state index is 0.0172. The van der Waals surface area contributed by atoms with Gasteiger partial charge in [0.2, 0.25) is 5.91 Å². The molecule has 1 heterocycles. The molecule has 154 valence electrons. The van der Waals surface area contributed by atoms with Gasteiger partial charge in [-0.2, -0.15) is 0 Å². The van der Waals surface area contributed by atoms with E-state index in [1.807, 2.05) is 54.6 Å². The lowest BCUT2D eigenvalue weighted by atomic mass is 10.0. The second-order valence-corrected chi connectivity index (χ2v) is 7.71. The van der Waals surface area contributed by atoms with E-state index in [-0.39, 0.29) is 12.3 Å². The molecule has 0 saturated carbocycles. The summed E-state index contributed by atoms with van der Waals surface area (Å²) in [5.41, 5.74) is 2.07. The van der Waals surface area contributed by atoms with Crippen molar-refractivity contribution in [3.63, 3.8) is 0 Å². The average molecular weight is 416 g/mol. The molecule has 1 aliphatic rings. The molecule has 6 nitrogen and oxygen atoms in total. The highest BCUT2D eigenvalue weighted by Crippen LogP contribution is 2.21. The maximum atomic E-state index is 12.2. The number of nitrogens with zero attached hydrogens (tertiary/aromatic N) is 2. The van der Waals surface area contributed by atoms with Gasteiger partial charge >= 0.3 is 5.97 Å².